The number of carboxylic acid groups (broad SMARTS) is 1. The summed E-state index contributed by atoms with van der Waals surface area (Å²) in [5.74, 6) is -1.32. The van der Waals surface area contributed by atoms with Gasteiger partial charge in [0.15, 0.2) is 0 Å². The van der Waals surface area contributed by atoms with Crippen molar-refractivity contribution in [2.45, 2.75) is 26.2 Å². The molecule has 19 heavy (non-hydrogen) atoms. The number of benzene rings is 1. The van der Waals surface area contributed by atoms with Crippen LogP contribution in [0.3, 0.4) is 0 Å². The summed E-state index contributed by atoms with van der Waals surface area (Å²) in [6.45, 7) is 3.93. The molecule has 0 fully saturated rings. The van der Waals surface area contributed by atoms with Gasteiger partial charge in [-0.05, 0) is 37.0 Å². The second-order valence-corrected chi connectivity index (χ2v) is 4.88. The van der Waals surface area contributed by atoms with Gasteiger partial charge in [0.25, 0.3) is 0 Å². The van der Waals surface area contributed by atoms with E-state index < -0.39 is 11.9 Å². The molecule has 0 radical (unpaired) electrons. The largest absolute Gasteiger partial charge is 0.481 e. The van der Waals surface area contributed by atoms with E-state index in [0.717, 1.165) is 22.3 Å². The van der Waals surface area contributed by atoms with Crippen LogP contribution < -0.4 is 0 Å². The van der Waals surface area contributed by atoms with Crippen molar-refractivity contribution in [1.29, 1.82) is 0 Å². The molecule has 0 bridgehead atoms. The molecule has 0 saturated carbocycles. The van der Waals surface area contributed by atoms with Gasteiger partial charge in [0.1, 0.15) is 0 Å². The van der Waals surface area contributed by atoms with Crippen molar-refractivity contribution in [3.8, 4) is 0 Å². The average molecular weight is 255 g/mol. The van der Waals surface area contributed by atoms with Crippen molar-refractivity contribution in [3.63, 3.8) is 0 Å². The van der Waals surface area contributed by atoms with E-state index in [9.17, 15) is 9.90 Å². The van der Waals surface area contributed by atoms with Crippen LogP contribution in [0.1, 0.15) is 28.2 Å². The quantitative estimate of drug-likeness (QED) is 0.913. The number of aryl methyl sites for hydroxylation is 2. The SMILES string of the molecule is Cc1cncc(CC(C(=O)O)c2cccc(C)c2)c1. The Kier molecular flexibility index (Phi) is 3.95. The molecule has 2 rings (SSSR count). The summed E-state index contributed by atoms with van der Waals surface area (Å²) in [5, 5.41) is 9.43. The Hall–Kier alpha value is -2.16. The summed E-state index contributed by atoms with van der Waals surface area (Å²) in [5.41, 5.74) is 3.92. The molecule has 3 heteroatoms. The Morgan fingerprint density at radius 3 is 2.63 bits per heavy atom. The first kappa shape index (κ1) is 13.3. The molecular formula is C16H17NO2. The van der Waals surface area contributed by atoms with Crippen molar-refractivity contribution in [2.75, 3.05) is 0 Å². The summed E-state index contributed by atoms with van der Waals surface area (Å²) in [6, 6.07) is 9.65. The van der Waals surface area contributed by atoms with E-state index in [1.807, 2.05) is 44.2 Å². The lowest BCUT2D eigenvalue weighted by molar-refractivity contribution is -0.138. The Balaban J connectivity index is 2.29. The van der Waals surface area contributed by atoms with E-state index in [4.69, 9.17) is 0 Å². The molecule has 0 saturated heterocycles. The first-order valence-electron chi connectivity index (χ1n) is 6.26. The van der Waals surface area contributed by atoms with Gasteiger partial charge in [0.05, 0.1) is 5.92 Å². The fraction of sp³-hybridized carbons (Fsp3) is 0.250. The first-order chi connectivity index (χ1) is 9.06. The highest BCUT2D eigenvalue weighted by Gasteiger charge is 2.20. The highest BCUT2D eigenvalue weighted by Crippen LogP contribution is 2.22. The van der Waals surface area contributed by atoms with E-state index in [2.05, 4.69) is 4.98 Å². The number of aromatic nitrogens is 1. The molecular weight excluding hydrogens is 238 g/mol. The summed E-state index contributed by atoms with van der Waals surface area (Å²) in [4.78, 5) is 15.6. The second kappa shape index (κ2) is 5.65. The van der Waals surface area contributed by atoms with Crippen molar-refractivity contribution >= 4 is 5.97 Å². The zero-order valence-electron chi connectivity index (χ0n) is 11.1. The molecule has 0 aliphatic rings. The third kappa shape index (κ3) is 3.41. The standard InChI is InChI=1S/C16H17NO2/c1-11-4-3-5-14(7-11)15(16(18)19)8-13-6-12(2)9-17-10-13/h3-7,9-10,15H,8H2,1-2H3,(H,18,19). The molecule has 1 aromatic heterocycles. The predicted octanol–water partition coefficient (Wildman–Crippen LogP) is 3.11. The third-order valence-corrected chi connectivity index (χ3v) is 3.11. The molecule has 0 spiro atoms. The van der Waals surface area contributed by atoms with Crippen LogP contribution >= 0.6 is 0 Å². The van der Waals surface area contributed by atoms with Gasteiger partial charge in [-0.3, -0.25) is 9.78 Å². The molecule has 1 heterocycles. The van der Waals surface area contributed by atoms with Crippen LogP contribution in [-0.2, 0) is 11.2 Å². The zero-order valence-corrected chi connectivity index (χ0v) is 11.1. The topological polar surface area (TPSA) is 50.2 Å². The lowest BCUT2D eigenvalue weighted by Gasteiger charge is -2.13. The number of nitrogens with zero attached hydrogens (tertiary/aromatic N) is 1. The molecule has 0 amide bonds. The van der Waals surface area contributed by atoms with Crippen molar-refractivity contribution in [3.05, 3.63) is 65.0 Å². The summed E-state index contributed by atoms with van der Waals surface area (Å²) >= 11 is 0. The molecule has 1 unspecified atom stereocenters. The van der Waals surface area contributed by atoms with Gasteiger partial charge in [-0.15, -0.1) is 0 Å². The average Bonchev–Trinajstić information content (AvgIpc) is 2.35. The number of pyridine rings is 1. The maximum Gasteiger partial charge on any atom is 0.311 e. The Labute approximate surface area is 112 Å². The number of carbonyl (C=O) groups is 1. The fourth-order valence-electron chi connectivity index (χ4n) is 2.20. The van der Waals surface area contributed by atoms with Crippen LogP contribution in [0.4, 0.5) is 0 Å². The van der Waals surface area contributed by atoms with Gasteiger partial charge < -0.3 is 5.11 Å². The van der Waals surface area contributed by atoms with Gasteiger partial charge in [0.2, 0.25) is 0 Å². The normalized spacial score (nSPS) is 12.1. The number of carboxylic acids is 1. The Bertz CT molecular complexity index is 593. The van der Waals surface area contributed by atoms with Crippen molar-refractivity contribution in [2.24, 2.45) is 0 Å². The first-order valence-corrected chi connectivity index (χ1v) is 6.26. The lowest BCUT2D eigenvalue weighted by Crippen LogP contribution is -2.14. The maximum absolute atomic E-state index is 11.5. The summed E-state index contributed by atoms with van der Waals surface area (Å²) in [7, 11) is 0. The molecule has 3 nitrogen and oxygen atoms in total. The van der Waals surface area contributed by atoms with Gasteiger partial charge in [0, 0.05) is 12.4 Å². The Morgan fingerprint density at radius 2 is 2.00 bits per heavy atom. The van der Waals surface area contributed by atoms with E-state index in [1.54, 1.807) is 12.4 Å². The number of hydrogen-bond acceptors (Lipinski definition) is 2. The molecule has 0 aliphatic carbocycles. The van der Waals surface area contributed by atoms with Crippen LogP contribution in [-0.4, -0.2) is 16.1 Å². The van der Waals surface area contributed by atoms with Gasteiger partial charge in [-0.2, -0.15) is 0 Å². The molecule has 1 atom stereocenters. The van der Waals surface area contributed by atoms with Crippen LogP contribution in [0.5, 0.6) is 0 Å². The highest BCUT2D eigenvalue weighted by molar-refractivity contribution is 5.76. The molecule has 2 aromatic rings. The van der Waals surface area contributed by atoms with E-state index in [-0.39, 0.29) is 0 Å². The number of rotatable bonds is 4. The predicted molar refractivity (Wildman–Crippen MR) is 74.2 cm³/mol. The highest BCUT2D eigenvalue weighted by atomic mass is 16.4. The zero-order chi connectivity index (χ0) is 13.8. The number of hydrogen-bond donors (Lipinski definition) is 1. The van der Waals surface area contributed by atoms with E-state index in [0.29, 0.717) is 6.42 Å². The summed E-state index contributed by atoms with van der Waals surface area (Å²) < 4.78 is 0. The maximum atomic E-state index is 11.5. The Morgan fingerprint density at radius 1 is 1.21 bits per heavy atom. The second-order valence-electron chi connectivity index (χ2n) is 4.88. The molecule has 98 valence electrons. The summed E-state index contributed by atoms with van der Waals surface area (Å²) in [6.07, 6.45) is 3.97. The monoisotopic (exact) mass is 255 g/mol. The van der Waals surface area contributed by atoms with Gasteiger partial charge in [-0.1, -0.05) is 35.9 Å². The van der Waals surface area contributed by atoms with E-state index in [1.165, 1.54) is 0 Å². The molecule has 1 N–H and O–H groups in total. The number of aliphatic carboxylic acids is 1. The lowest BCUT2D eigenvalue weighted by atomic mass is 9.91. The fourth-order valence-corrected chi connectivity index (χ4v) is 2.20. The van der Waals surface area contributed by atoms with Crippen LogP contribution in [0.25, 0.3) is 0 Å². The minimum Gasteiger partial charge on any atom is -0.481 e. The van der Waals surface area contributed by atoms with Gasteiger partial charge >= 0.3 is 5.97 Å². The van der Waals surface area contributed by atoms with Crippen LogP contribution in [0.2, 0.25) is 0 Å². The minimum absolute atomic E-state index is 0.466. The van der Waals surface area contributed by atoms with Crippen molar-refractivity contribution < 1.29 is 9.90 Å². The smallest absolute Gasteiger partial charge is 0.311 e. The van der Waals surface area contributed by atoms with Gasteiger partial charge in [-0.25, -0.2) is 0 Å². The van der Waals surface area contributed by atoms with Crippen LogP contribution in [0.15, 0.2) is 42.7 Å². The van der Waals surface area contributed by atoms with Crippen molar-refractivity contribution in [1.82, 2.24) is 4.98 Å². The molecule has 1 aromatic carbocycles. The third-order valence-electron chi connectivity index (χ3n) is 3.11. The van der Waals surface area contributed by atoms with Crippen LogP contribution in [0, 0.1) is 13.8 Å². The van der Waals surface area contributed by atoms with E-state index >= 15 is 0 Å². The molecule has 0 aliphatic heterocycles. The minimum atomic E-state index is -0.799.